The first-order valence-electron chi connectivity index (χ1n) is 4.39. The molecule has 0 unspecified atom stereocenters. The highest BCUT2D eigenvalue weighted by Gasteiger charge is 2.13. The van der Waals surface area contributed by atoms with Crippen LogP contribution in [-0.4, -0.2) is 25.0 Å². The maximum Gasteiger partial charge on any atom is 0.215 e. The average molecular weight is 193 g/mol. The van der Waals surface area contributed by atoms with Gasteiger partial charge in [-0.1, -0.05) is 0 Å². The average Bonchev–Trinajstić information content (AvgIpc) is 2.43. The summed E-state index contributed by atoms with van der Waals surface area (Å²) < 4.78 is 1.66. The lowest BCUT2D eigenvalue weighted by Gasteiger charge is -2.00. The van der Waals surface area contributed by atoms with Gasteiger partial charge in [-0.2, -0.15) is 5.10 Å². The second-order valence-corrected chi connectivity index (χ2v) is 3.10. The second kappa shape index (κ2) is 2.87. The molecule has 0 spiro atoms. The number of rotatable bonds is 1. The van der Waals surface area contributed by atoms with Crippen LogP contribution in [0.2, 0.25) is 0 Å². The van der Waals surface area contributed by atoms with Gasteiger partial charge in [0.25, 0.3) is 0 Å². The number of aromatic hydroxyl groups is 2. The van der Waals surface area contributed by atoms with E-state index in [1.165, 1.54) is 6.07 Å². The minimum Gasteiger partial charge on any atom is -0.505 e. The first-order chi connectivity index (χ1) is 6.63. The number of hydrogen-bond acceptors (Lipinski definition) is 4. The van der Waals surface area contributed by atoms with Gasteiger partial charge in [0.05, 0.1) is 5.69 Å². The molecule has 0 aliphatic carbocycles. The van der Waals surface area contributed by atoms with Crippen molar-refractivity contribution in [2.75, 3.05) is 0 Å². The zero-order chi connectivity index (χ0) is 10.3. The predicted octanol–water partition coefficient (Wildman–Crippen LogP) is 1.17. The highest BCUT2D eigenvalue weighted by molar-refractivity contribution is 5.83. The molecule has 5 heteroatoms. The molecule has 0 aromatic carbocycles. The molecule has 0 atom stereocenters. The molecule has 0 fully saturated rings. The van der Waals surface area contributed by atoms with Crippen molar-refractivity contribution in [1.29, 1.82) is 0 Å². The van der Waals surface area contributed by atoms with Crippen LogP contribution in [0, 0.1) is 6.92 Å². The van der Waals surface area contributed by atoms with Gasteiger partial charge >= 0.3 is 0 Å². The summed E-state index contributed by atoms with van der Waals surface area (Å²) in [6, 6.07) is 1.22. The number of pyridine rings is 1. The molecule has 0 aliphatic rings. The molecule has 2 rings (SSSR count). The highest BCUT2D eigenvalue weighted by atomic mass is 16.3. The van der Waals surface area contributed by atoms with Gasteiger partial charge in [-0.05, 0) is 13.8 Å². The first-order valence-corrected chi connectivity index (χ1v) is 4.39. The third kappa shape index (κ3) is 1.09. The normalized spacial score (nSPS) is 11.0. The Labute approximate surface area is 80.6 Å². The third-order valence-electron chi connectivity index (χ3n) is 2.13. The van der Waals surface area contributed by atoms with Crippen molar-refractivity contribution in [3.63, 3.8) is 0 Å². The monoisotopic (exact) mass is 193 g/mol. The van der Waals surface area contributed by atoms with E-state index in [-0.39, 0.29) is 11.6 Å². The Hall–Kier alpha value is -1.78. The van der Waals surface area contributed by atoms with Crippen LogP contribution in [0.5, 0.6) is 11.6 Å². The number of aryl methyl sites for hydroxylation is 2. The van der Waals surface area contributed by atoms with E-state index in [0.717, 1.165) is 0 Å². The molecule has 0 radical (unpaired) electrons. The third-order valence-corrected chi connectivity index (χ3v) is 2.13. The SMILES string of the molecule is CCn1nc(C)c2nc(O)cc(O)c21. The lowest BCUT2D eigenvalue weighted by Crippen LogP contribution is -1.96. The maximum absolute atomic E-state index is 9.62. The summed E-state index contributed by atoms with van der Waals surface area (Å²) in [4.78, 5) is 3.92. The van der Waals surface area contributed by atoms with E-state index in [2.05, 4.69) is 10.1 Å². The summed E-state index contributed by atoms with van der Waals surface area (Å²) in [5, 5.41) is 23.0. The van der Waals surface area contributed by atoms with Gasteiger partial charge in [0, 0.05) is 12.6 Å². The molecule has 14 heavy (non-hydrogen) atoms. The van der Waals surface area contributed by atoms with E-state index in [0.29, 0.717) is 23.3 Å². The molecular weight excluding hydrogens is 182 g/mol. The van der Waals surface area contributed by atoms with Gasteiger partial charge in [0.15, 0.2) is 0 Å². The molecule has 2 aromatic rings. The predicted molar refractivity (Wildman–Crippen MR) is 51.3 cm³/mol. The van der Waals surface area contributed by atoms with E-state index >= 15 is 0 Å². The molecule has 74 valence electrons. The fourth-order valence-corrected chi connectivity index (χ4v) is 1.53. The summed E-state index contributed by atoms with van der Waals surface area (Å²) in [6.07, 6.45) is 0. The second-order valence-electron chi connectivity index (χ2n) is 3.10. The summed E-state index contributed by atoms with van der Waals surface area (Å²) in [7, 11) is 0. The molecule has 0 saturated heterocycles. The van der Waals surface area contributed by atoms with E-state index < -0.39 is 0 Å². The molecule has 5 nitrogen and oxygen atoms in total. The van der Waals surface area contributed by atoms with Crippen molar-refractivity contribution in [3.05, 3.63) is 11.8 Å². The summed E-state index contributed by atoms with van der Waals surface area (Å²) in [5.74, 6) is -0.177. The molecule has 2 heterocycles. The standard InChI is InChI=1S/C9H11N3O2/c1-3-12-9-6(13)4-7(14)10-8(9)5(2)11-12/h4H,3H2,1-2H3,(H2,10,13,14). The van der Waals surface area contributed by atoms with Crippen LogP contribution < -0.4 is 0 Å². The van der Waals surface area contributed by atoms with Crippen LogP contribution in [0.25, 0.3) is 11.0 Å². The van der Waals surface area contributed by atoms with E-state index in [1.807, 2.05) is 6.92 Å². The minimum absolute atomic E-state index is 0.00921. The summed E-state index contributed by atoms with van der Waals surface area (Å²) >= 11 is 0. The number of aromatic nitrogens is 3. The Morgan fingerprint density at radius 1 is 1.43 bits per heavy atom. The Bertz CT molecular complexity index is 490. The molecule has 0 amide bonds. The van der Waals surface area contributed by atoms with Gasteiger partial charge in [0.2, 0.25) is 5.88 Å². The van der Waals surface area contributed by atoms with Gasteiger partial charge in [-0.15, -0.1) is 0 Å². The largest absolute Gasteiger partial charge is 0.505 e. The fraction of sp³-hybridized carbons (Fsp3) is 0.333. The molecule has 0 bridgehead atoms. The van der Waals surface area contributed by atoms with Gasteiger partial charge < -0.3 is 10.2 Å². The fourth-order valence-electron chi connectivity index (χ4n) is 1.53. The summed E-state index contributed by atoms with van der Waals surface area (Å²) in [6.45, 7) is 4.38. The van der Waals surface area contributed by atoms with E-state index in [9.17, 15) is 10.2 Å². The zero-order valence-electron chi connectivity index (χ0n) is 8.02. The Kier molecular flexibility index (Phi) is 1.80. The van der Waals surface area contributed by atoms with Crippen molar-refractivity contribution in [2.45, 2.75) is 20.4 Å². The first kappa shape index (κ1) is 8.80. The molecule has 0 aliphatic heterocycles. The number of nitrogens with zero attached hydrogens (tertiary/aromatic N) is 3. The number of hydrogen-bond donors (Lipinski definition) is 2. The van der Waals surface area contributed by atoms with Gasteiger partial charge in [-0.25, -0.2) is 4.98 Å². The van der Waals surface area contributed by atoms with Crippen molar-refractivity contribution in [1.82, 2.24) is 14.8 Å². The van der Waals surface area contributed by atoms with Crippen molar-refractivity contribution >= 4 is 11.0 Å². The Morgan fingerprint density at radius 2 is 2.14 bits per heavy atom. The maximum atomic E-state index is 9.62. The quantitative estimate of drug-likeness (QED) is 0.713. The van der Waals surface area contributed by atoms with Crippen molar-refractivity contribution < 1.29 is 10.2 Å². The lowest BCUT2D eigenvalue weighted by molar-refractivity contribution is 0.438. The Balaban J connectivity index is 2.89. The van der Waals surface area contributed by atoms with E-state index in [1.54, 1.807) is 11.6 Å². The molecule has 2 N–H and O–H groups in total. The Morgan fingerprint density at radius 3 is 2.79 bits per heavy atom. The smallest absolute Gasteiger partial charge is 0.215 e. The van der Waals surface area contributed by atoms with Crippen molar-refractivity contribution in [3.8, 4) is 11.6 Å². The van der Waals surface area contributed by atoms with E-state index in [4.69, 9.17) is 0 Å². The minimum atomic E-state index is -0.186. The van der Waals surface area contributed by atoms with Crippen LogP contribution in [0.3, 0.4) is 0 Å². The van der Waals surface area contributed by atoms with Crippen LogP contribution in [-0.2, 0) is 6.54 Å². The van der Waals surface area contributed by atoms with Crippen LogP contribution in [0.1, 0.15) is 12.6 Å². The summed E-state index contributed by atoms with van der Waals surface area (Å²) in [5.41, 5.74) is 1.82. The van der Waals surface area contributed by atoms with Crippen LogP contribution in [0.15, 0.2) is 6.07 Å². The molecular formula is C9H11N3O2. The highest BCUT2D eigenvalue weighted by Crippen LogP contribution is 2.28. The van der Waals surface area contributed by atoms with Crippen LogP contribution >= 0.6 is 0 Å². The lowest BCUT2D eigenvalue weighted by atomic mass is 10.3. The number of fused-ring (bicyclic) bond motifs is 1. The zero-order valence-corrected chi connectivity index (χ0v) is 8.02. The van der Waals surface area contributed by atoms with Gasteiger partial charge in [0.1, 0.15) is 16.8 Å². The van der Waals surface area contributed by atoms with Crippen LogP contribution in [0.4, 0.5) is 0 Å². The topological polar surface area (TPSA) is 71.2 Å². The molecule has 0 saturated carbocycles. The van der Waals surface area contributed by atoms with Gasteiger partial charge in [-0.3, -0.25) is 4.68 Å². The van der Waals surface area contributed by atoms with Crippen molar-refractivity contribution in [2.24, 2.45) is 0 Å². The molecule has 2 aromatic heterocycles.